The molecule has 0 aliphatic heterocycles. The fourth-order valence-electron chi connectivity index (χ4n) is 2.34. The minimum atomic E-state index is -0.923. The van der Waals surface area contributed by atoms with Crippen LogP contribution in [0.3, 0.4) is 0 Å². The van der Waals surface area contributed by atoms with Crippen LogP contribution in [0.15, 0.2) is 36.4 Å². The molecule has 1 N–H and O–H groups in total. The maximum absolute atomic E-state index is 13.9. The predicted molar refractivity (Wildman–Crippen MR) is 82.4 cm³/mol. The number of benzene rings is 2. The molecule has 112 valence electrons. The third-order valence-corrected chi connectivity index (χ3v) is 3.44. The summed E-state index contributed by atoms with van der Waals surface area (Å²) in [7, 11) is 0. The number of halogens is 1. The summed E-state index contributed by atoms with van der Waals surface area (Å²) in [6.45, 7) is 7.68. The first-order valence-electron chi connectivity index (χ1n) is 7.15. The molecular formula is C18H21FO2. The smallest absolute Gasteiger partial charge is 0.136 e. The van der Waals surface area contributed by atoms with E-state index in [1.165, 1.54) is 13.0 Å². The summed E-state index contributed by atoms with van der Waals surface area (Å²) in [6.07, 6.45) is -0.923. The molecule has 0 fully saturated rings. The zero-order valence-corrected chi connectivity index (χ0v) is 12.9. The highest BCUT2D eigenvalue weighted by molar-refractivity contribution is 5.45. The molecule has 1 atom stereocenters. The number of aliphatic hydroxyl groups excluding tert-OH is 1. The fourth-order valence-corrected chi connectivity index (χ4v) is 2.34. The molecule has 2 rings (SSSR count). The molecule has 2 aromatic rings. The first-order valence-corrected chi connectivity index (χ1v) is 7.15. The molecule has 0 unspecified atom stereocenters. The summed E-state index contributed by atoms with van der Waals surface area (Å²) in [5, 5.41) is 9.78. The van der Waals surface area contributed by atoms with E-state index in [0.29, 0.717) is 17.4 Å². The lowest BCUT2D eigenvalue weighted by molar-refractivity contribution is 0.190. The highest BCUT2D eigenvalue weighted by Crippen LogP contribution is 2.35. The van der Waals surface area contributed by atoms with Gasteiger partial charge in [0.05, 0.1) is 11.7 Å². The maximum Gasteiger partial charge on any atom is 0.136 e. The Bertz CT molecular complexity index is 633. The lowest BCUT2D eigenvalue weighted by Gasteiger charge is -2.18. The van der Waals surface area contributed by atoms with Crippen molar-refractivity contribution in [3.8, 4) is 11.5 Å². The standard InChI is InChI=1S/C18H21FO2/c1-11(2)14-9-8-12(3)10-17(14)21-16-7-5-6-15(19)18(16)13(4)20/h5-11,13,20H,1-4H3/t13-/m1/s1. The SMILES string of the molecule is Cc1ccc(C(C)C)c(Oc2cccc(F)c2[C@@H](C)O)c1. The second-order valence-electron chi connectivity index (χ2n) is 5.63. The van der Waals surface area contributed by atoms with Gasteiger partial charge in [-0.2, -0.15) is 0 Å². The summed E-state index contributed by atoms with van der Waals surface area (Å²) in [4.78, 5) is 0. The second-order valence-corrected chi connectivity index (χ2v) is 5.63. The minimum absolute atomic E-state index is 0.189. The predicted octanol–water partition coefficient (Wildman–Crippen LogP) is 5.10. The van der Waals surface area contributed by atoms with Crippen LogP contribution in [0, 0.1) is 12.7 Å². The van der Waals surface area contributed by atoms with Gasteiger partial charge in [-0.05, 0) is 49.1 Å². The molecule has 0 saturated carbocycles. The van der Waals surface area contributed by atoms with Crippen molar-refractivity contribution in [2.45, 2.75) is 39.7 Å². The van der Waals surface area contributed by atoms with E-state index < -0.39 is 11.9 Å². The quantitative estimate of drug-likeness (QED) is 0.847. The molecule has 0 radical (unpaired) electrons. The first kappa shape index (κ1) is 15.5. The van der Waals surface area contributed by atoms with Gasteiger partial charge in [0.15, 0.2) is 0 Å². The van der Waals surface area contributed by atoms with Crippen LogP contribution >= 0.6 is 0 Å². The Balaban J connectivity index is 2.48. The van der Waals surface area contributed by atoms with Gasteiger partial charge in [-0.1, -0.05) is 32.0 Å². The summed E-state index contributed by atoms with van der Waals surface area (Å²) >= 11 is 0. The average molecular weight is 288 g/mol. The fraction of sp³-hybridized carbons (Fsp3) is 0.333. The molecule has 2 nitrogen and oxygen atoms in total. The van der Waals surface area contributed by atoms with Gasteiger partial charge in [0.1, 0.15) is 17.3 Å². The normalized spacial score (nSPS) is 12.5. The van der Waals surface area contributed by atoms with E-state index >= 15 is 0 Å². The van der Waals surface area contributed by atoms with Gasteiger partial charge in [0, 0.05) is 0 Å². The number of hydrogen-bond acceptors (Lipinski definition) is 2. The molecule has 0 aliphatic rings. The van der Waals surface area contributed by atoms with Crippen LogP contribution in [0.25, 0.3) is 0 Å². The van der Waals surface area contributed by atoms with E-state index in [9.17, 15) is 9.50 Å². The largest absolute Gasteiger partial charge is 0.457 e. The number of rotatable bonds is 4. The number of ether oxygens (including phenoxy) is 1. The molecule has 0 bridgehead atoms. The van der Waals surface area contributed by atoms with Crippen LogP contribution in [0.1, 0.15) is 49.5 Å². The lowest BCUT2D eigenvalue weighted by atomic mass is 10.0. The van der Waals surface area contributed by atoms with Crippen LogP contribution in [0.5, 0.6) is 11.5 Å². The summed E-state index contributed by atoms with van der Waals surface area (Å²) in [6, 6.07) is 10.6. The summed E-state index contributed by atoms with van der Waals surface area (Å²) in [5.74, 6) is 0.903. The number of aryl methyl sites for hydroxylation is 1. The Labute approximate surface area is 125 Å². The van der Waals surface area contributed by atoms with E-state index in [2.05, 4.69) is 13.8 Å². The highest BCUT2D eigenvalue weighted by Gasteiger charge is 2.17. The Hall–Kier alpha value is -1.87. The zero-order valence-electron chi connectivity index (χ0n) is 12.9. The number of hydrogen-bond donors (Lipinski definition) is 1. The van der Waals surface area contributed by atoms with Crippen molar-refractivity contribution < 1.29 is 14.2 Å². The topological polar surface area (TPSA) is 29.5 Å². The molecule has 21 heavy (non-hydrogen) atoms. The Morgan fingerprint density at radius 1 is 1.05 bits per heavy atom. The van der Waals surface area contributed by atoms with E-state index in [-0.39, 0.29) is 5.56 Å². The van der Waals surface area contributed by atoms with Crippen LogP contribution < -0.4 is 4.74 Å². The first-order chi connectivity index (χ1) is 9.90. The molecule has 2 aromatic carbocycles. The molecule has 0 aliphatic carbocycles. The van der Waals surface area contributed by atoms with E-state index in [0.717, 1.165) is 11.1 Å². The zero-order chi connectivity index (χ0) is 15.6. The monoisotopic (exact) mass is 288 g/mol. The van der Waals surface area contributed by atoms with Gasteiger partial charge in [-0.15, -0.1) is 0 Å². The lowest BCUT2D eigenvalue weighted by Crippen LogP contribution is -2.01. The summed E-state index contributed by atoms with van der Waals surface area (Å²) in [5.41, 5.74) is 2.32. The van der Waals surface area contributed by atoms with Gasteiger partial charge in [0.2, 0.25) is 0 Å². The van der Waals surface area contributed by atoms with Gasteiger partial charge >= 0.3 is 0 Å². The molecular weight excluding hydrogens is 267 g/mol. The Morgan fingerprint density at radius 2 is 1.76 bits per heavy atom. The molecule has 0 amide bonds. The molecule has 3 heteroatoms. The summed E-state index contributed by atoms with van der Waals surface area (Å²) < 4.78 is 19.8. The third kappa shape index (κ3) is 3.42. The minimum Gasteiger partial charge on any atom is -0.457 e. The van der Waals surface area contributed by atoms with Crippen molar-refractivity contribution in [2.75, 3.05) is 0 Å². The number of aliphatic hydroxyl groups is 1. The molecule has 0 spiro atoms. The maximum atomic E-state index is 13.9. The van der Waals surface area contributed by atoms with Gasteiger partial charge in [-0.25, -0.2) is 4.39 Å². The average Bonchev–Trinajstić information content (AvgIpc) is 2.37. The van der Waals surface area contributed by atoms with Gasteiger partial charge in [0.25, 0.3) is 0 Å². The van der Waals surface area contributed by atoms with Crippen LogP contribution in [-0.4, -0.2) is 5.11 Å². The Kier molecular flexibility index (Phi) is 4.63. The van der Waals surface area contributed by atoms with Gasteiger partial charge < -0.3 is 9.84 Å². The molecule has 0 saturated heterocycles. The van der Waals surface area contributed by atoms with Crippen LogP contribution in [0.2, 0.25) is 0 Å². The second kappa shape index (κ2) is 6.27. The van der Waals surface area contributed by atoms with Crippen molar-refractivity contribution in [1.29, 1.82) is 0 Å². The Morgan fingerprint density at radius 3 is 2.38 bits per heavy atom. The van der Waals surface area contributed by atoms with E-state index in [1.807, 2.05) is 25.1 Å². The van der Waals surface area contributed by atoms with E-state index in [1.54, 1.807) is 12.1 Å². The van der Waals surface area contributed by atoms with E-state index in [4.69, 9.17) is 4.74 Å². The van der Waals surface area contributed by atoms with Crippen LogP contribution in [-0.2, 0) is 0 Å². The highest BCUT2D eigenvalue weighted by atomic mass is 19.1. The van der Waals surface area contributed by atoms with Crippen molar-refractivity contribution in [3.05, 3.63) is 58.9 Å². The van der Waals surface area contributed by atoms with Crippen LogP contribution in [0.4, 0.5) is 4.39 Å². The van der Waals surface area contributed by atoms with Crippen molar-refractivity contribution in [2.24, 2.45) is 0 Å². The third-order valence-electron chi connectivity index (χ3n) is 3.44. The molecule has 0 heterocycles. The van der Waals surface area contributed by atoms with Crippen molar-refractivity contribution in [1.82, 2.24) is 0 Å². The van der Waals surface area contributed by atoms with Crippen molar-refractivity contribution >= 4 is 0 Å². The van der Waals surface area contributed by atoms with Crippen molar-refractivity contribution in [3.63, 3.8) is 0 Å². The van der Waals surface area contributed by atoms with Gasteiger partial charge in [-0.3, -0.25) is 0 Å². The molecule has 0 aromatic heterocycles.